The molecule has 82 valence electrons. The summed E-state index contributed by atoms with van der Waals surface area (Å²) in [5.41, 5.74) is 0.938. The van der Waals surface area contributed by atoms with Gasteiger partial charge in [0.1, 0.15) is 12.4 Å². The molecule has 0 radical (unpaired) electrons. The fourth-order valence-electron chi connectivity index (χ4n) is 1.01. The minimum absolute atomic E-state index is 0.0106. The van der Waals surface area contributed by atoms with Gasteiger partial charge in [-0.2, -0.15) is 0 Å². The van der Waals surface area contributed by atoms with Crippen LogP contribution in [0.1, 0.15) is 12.5 Å². The summed E-state index contributed by atoms with van der Waals surface area (Å²) < 4.78 is 16.0. The number of benzene rings is 1. The van der Waals surface area contributed by atoms with Crippen LogP contribution in [0.15, 0.2) is 30.3 Å². The molecule has 0 saturated heterocycles. The fraction of sp³-hybridized carbons (Fsp3) is 0.364. The number of ether oxygens (including phenoxy) is 1. The van der Waals surface area contributed by atoms with Crippen LogP contribution < -0.4 is 0 Å². The van der Waals surface area contributed by atoms with E-state index in [9.17, 15) is 9.00 Å². The summed E-state index contributed by atoms with van der Waals surface area (Å²) in [6, 6.07) is 9.42. The summed E-state index contributed by atoms with van der Waals surface area (Å²) >= 11 is 0. The molecule has 3 nitrogen and oxygen atoms in total. The summed E-state index contributed by atoms with van der Waals surface area (Å²) in [5.74, 6) is 0.0723. The summed E-state index contributed by atoms with van der Waals surface area (Å²) in [4.78, 5) is 11.2. The van der Waals surface area contributed by atoms with Gasteiger partial charge in [-0.25, -0.2) is 0 Å². The molecule has 0 aliphatic carbocycles. The van der Waals surface area contributed by atoms with Crippen molar-refractivity contribution in [2.24, 2.45) is 0 Å². The molecule has 1 unspecified atom stereocenters. The zero-order valence-electron chi connectivity index (χ0n) is 8.64. The smallest absolute Gasteiger partial charge is 0.318 e. The van der Waals surface area contributed by atoms with Gasteiger partial charge in [-0.05, 0) is 5.56 Å². The number of esters is 1. The van der Waals surface area contributed by atoms with Crippen molar-refractivity contribution in [3.8, 4) is 0 Å². The van der Waals surface area contributed by atoms with Crippen molar-refractivity contribution in [2.45, 2.75) is 13.5 Å². The zero-order chi connectivity index (χ0) is 11.1. The van der Waals surface area contributed by atoms with E-state index in [0.29, 0.717) is 5.75 Å². The van der Waals surface area contributed by atoms with Gasteiger partial charge in [0.25, 0.3) is 0 Å². The van der Waals surface area contributed by atoms with Crippen molar-refractivity contribution in [3.63, 3.8) is 0 Å². The Labute approximate surface area is 91.9 Å². The molecule has 1 aromatic carbocycles. The van der Waals surface area contributed by atoms with Crippen LogP contribution in [0, 0.1) is 0 Å². The minimum atomic E-state index is -1.09. The number of hydrogen-bond acceptors (Lipinski definition) is 3. The molecule has 15 heavy (non-hydrogen) atoms. The third-order valence-corrected chi connectivity index (χ3v) is 3.05. The fourth-order valence-corrected chi connectivity index (χ4v) is 1.56. The molecular weight excluding hydrogens is 212 g/mol. The van der Waals surface area contributed by atoms with Crippen molar-refractivity contribution in [3.05, 3.63) is 35.9 Å². The molecule has 1 rings (SSSR count). The van der Waals surface area contributed by atoms with Crippen LogP contribution in [-0.4, -0.2) is 21.7 Å². The monoisotopic (exact) mass is 226 g/mol. The number of carbonyl (C=O) groups is 1. The topological polar surface area (TPSA) is 43.4 Å². The van der Waals surface area contributed by atoms with Gasteiger partial charge in [0, 0.05) is 16.6 Å². The molecule has 0 spiro atoms. The third-order valence-electron chi connectivity index (χ3n) is 1.84. The van der Waals surface area contributed by atoms with Gasteiger partial charge in [0.15, 0.2) is 0 Å². The largest absolute Gasteiger partial charge is 0.460 e. The Morgan fingerprint density at radius 3 is 2.60 bits per heavy atom. The molecular formula is C11H14O3S. The Kier molecular flexibility index (Phi) is 5.04. The summed E-state index contributed by atoms with van der Waals surface area (Å²) in [5, 5.41) is 0. The molecule has 0 heterocycles. The van der Waals surface area contributed by atoms with Crippen molar-refractivity contribution in [2.75, 3.05) is 11.5 Å². The van der Waals surface area contributed by atoms with Gasteiger partial charge >= 0.3 is 5.97 Å². The van der Waals surface area contributed by atoms with Crippen molar-refractivity contribution < 1.29 is 13.7 Å². The maximum Gasteiger partial charge on any atom is 0.318 e. The Morgan fingerprint density at radius 2 is 2.00 bits per heavy atom. The maximum absolute atomic E-state index is 11.2. The average molecular weight is 226 g/mol. The number of rotatable bonds is 5. The minimum Gasteiger partial charge on any atom is -0.460 e. The van der Waals surface area contributed by atoms with E-state index in [1.807, 2.05) is 30.3 Å². The maximum atomic E-state index is 11.2. The van der Waals surface area contributed by atoms with Gasteiger partial charge in [0.05, 0.1) is 0 Å². The van der Waals surface area contributed by atoms with Gasteiger partial charge < -0.3 is 4.74 Å². The van der Waals surface area contributed by atoms with Gasteiger partial charge in [-0.15, -0.1) is 0 Å². The SMILES string of the molecule is CCS(=O)CC(=O)OCc1ccccc1. The highest BCUT2D eigenvalue weighted by atomic mass is 32.2. The Morgan fingerprint density at radius 1 is 1.33 bits per heavy atom. The number of hydrogen-bond donors (Lipinski definition) is 0. The number of carbonyl (C=O) groups excluding carboxylic acids is 1. The van der Waals surface area contributed by atoms with E-state index < -0.39 is 16.8 Å². The first-order chi connectivity index (χ1) is 7.22. The van der Waals surface area contributed by atoms with Crippen LogP contribution in [0.25, 0.3) is 0 Å². The summed E-state index contributed by atoms with van der Waals surface area (Å²) in [6.07, 6.45) is 0. The second-order valence-electron chi connectivity index (χ2n) is 3.02. The Balaban J connectivity index is 2.32. The third kappa shape index (κ3) is 4.74. The van der Waals surface area contributed by atoms with E-state index in [1.165, 1.54) is 0 Å². The average Bonchev–Trinajstić information content (AvgIpc) is 2.27. The first kappa shape index (κ1) is 11.9. The molecule has 0 aliphatic rings. The van der Waals surface area contributed by atoms with Crippen molar-refractivity contribution >= 4 is 16.8 Å². The van der Waals surface area contributed by atoms with Crippen LogP contribution in [0.4, 0.5) is 0 Å². The van der Waals surface area contributed by atoms with Crippen molar-refractivity contribution in [1.29, 1.82) is 0 Å². The molecule has 4 heteroatoms. The molecule has 0 amide bonds. The molecule has 0 aromatic heterocycles. The lowest BCUT2D eigenvalue weighted by Crippen LogP contribution is -2.14. The lowest BCUT2D eigenvalue weighted by Gasteiger charge is -2.03. The van der Waals surface area contributed by atoms with E-state index in [-0.39, 0.29) is 12.4 Å². The lowest BCUT2D eigenvalue weighted by molar-refractivity contribution is -0.141. The quantitative estimate of drug-likeness (QED) is 0.715. The molecule has 1 atom stereocenters. The van der Waals surface area contributed by atoms with E-state index in [1.54, 1.807) is 6.92 Å². The van der Waals surface area contributed by atoms with Crippen LogP contribution in [0.3, 0.4) is 0 Å². The molecule has 0 N–H and O–H groups in total. The molecule has 0 aliphatic heterocycles. The van der Waals surface area contributed by atoms with Gasteiger partial charge in [-0.1, -0.05) is 37.3 Å². The molecule has 1 aromatic rings. The first-order valence-corrected chi connectivity index (χ1v) is 6.25. The predicted octanol–water partition coefficient (Wildman–Crippen LogP) is 1.50. The van der Waals surface area contributed by atoms with E-state index in [2.05, 4.69) is 0 Å². The summed E-state index contributed by atoms with van der Waals surface area (Å²) in [7, 11) is -1.09. The highest BCUT2D eigenvalue weighted by molar-refractivity contribution is 7.85. The van der Waals surface area contributed by atoms with Crippen LogP contribution >= 0.6 is 0 Å². The van der Waals surface area contributed by atoms with E-state index >= 15 is 0 Å². The molecule has 0 bridgehead atoms. The normalized spacial score (nSPS) is 12.1. The standard InChI is InChI=1S/C11H14O3S/c1-2-15(13)9-11(12)14-8-10-6-4-3-5-7-10/h3-7H,2,8-9H2,1H3. The van der Waals surface area contributed by atoms with E-state index in [4.69, 9.17) is 4.74 Å². The van der Waals surface area contributed by atoms with Gasteiger partial charge in [0.2, 0.25) is 0 Å². The Hall–Kier alpha value is -1.16. The second kappa shape index (κ2) is 6.35. The lowest BCUT2D eigenvalue weighted by atomic mass is 10.2. The summed E-state index contributed by atoms with van der Waals surface area (Å²) in [6.45, 7) is 2.03. The van der Waals surface area contributed by atoms with E-state index in [0.717, 1.165) is 5.56 Å². The highest BCUT2D eigenvalue weighted by Crippen LogP contribution is 2.00. The van der Waals surface area contributed by atoms with Gasteiger partial charge in [-0.3, -0.25) is 9.00 Å². The molecule has 0 saturated carbocycles. The van der Waals surface area contributed by atoms with Crippen LogP contribution in [0.5, 0.6) is 0 Å². The zero-order valence-corrected chi connectivity index (χ0v) is 9.46. The highest BCUT2D eigenvalue weighted by Gasteiger charge is 2.07. The second-order valence-corrected chi connectivity index (χ2v) is 4.76. The predicted molar refractivity (Wildman–Crippen MR) is 59.8 cm³/mol. The molecule has 0 fully saturated rings. The first-order valence-electron chi connectivity index (χ1n) is 4.77. The Bertz CT molecular complexity index is 335. The van der Waals surface area contributed by atoms with Crippen LogP contribution in [0.2, 0.25) is 0 Å². The van der Waals surface area contributed by atoms with Crippen molar-refractivity contribution in [1.82, 2.24) is 0 Å². The van der Waals surface area contributed by atoms with Crippen LogP contribution in [-0.2, 0) is 26.9 Å².